The third-order valence-corrected chi connectivity index (χ3v) is 17.2. The number of nitrogens with one attached hydrogen (secondary N) is 3. The van der Waals surface area contributed by atoms with Gasteiger partial charge in [0.1, 0.15) is 55.2 Å². The second-order valence-electron chi connectivity index (χ2n) is 23.7. The van der Waals surface area contributed by atoms with Crippen molar-refractivity contribution >= 4 is 53.2 Å². The molecule has 1 unspecified atom stereocenters. The van der Waals surface area contributed by atoms with Crippen molar-refractivity contribution < 1.29 is 96.2 Å². The highest BCUT2D eigenvalue weighted by atomic mass is 16.5. The molecule has 0 bridgehead atoms. The van der Waals surface area contributed by atoms with E-state index < -0.39 is 129 Å². The summed E-state index contributed by atoms with van der Waals surface area (Å²) in [6.45, 7) is 0.623. The van der Waals surface area contributed by atoms with Gasteiger partial charge in [-0.15, -0.1) is 0 Å². The van der Waals surface area contributed by atoms with Crippen LogP contribution in [-0.4, -0.2) is 180 Å². The van der Waals surface area contributed by atoms with Crippen molar-refractivity contribution in [2.45, 2.75) is 115 Å². The number of nitrogens with zero attached hydrogens (tertiary/aromatic N) is 6. The lowest BCUT2D eigenvalue weighted by atomic mass is 10.0. The number of imide groups is 3. The molecule has 15 rings (SSSR count). The number of rotatable bonds is 18. The van der Waals surface area contributed by atoms with E-state index in [9.17, 15) is 43.2 Å². The molecule has 0 saturated carbocycles. The van der Waals surface area contributed by atoms with Crippen molar-refractivity contribution in [3.63, 3.8) is 0 Å². The first-order valence-corrected chi connectivity index (χ1v) is 32.1. The third-order valence-electron chi connectivity index (χ3n) is 17.2. The molecular formula is C75H81N9O15. The van der Waals surface area contributed by atoms with E-state index in [-0.39, 0.29) is 56.1 Å². The number of benzene rings is 6. The molecule has 3 atom stereocenters. The molecule has 6 aromatic rings. The summed E-state index contributed by atoms with van der Waals surface area (Å²) >= 11 is 0. The van der Waals surface area contributed by atoms with Crippen LogP contribution in [0.25, 0.3) is 0 Å². The standard InChI is InChI=1S/3C25H27N3O5/c3*29-23-9-8-21(24(30)26-23)28-15-20-19(25(28)31)2-1-3-22(20)33-16-18-6-4-17(5-7-18)14-27-10-12-32-13-11-27/h3*1-7,21H,8-16H2,(H,26,29,30)/t2*21-;/m10./s1/i3*8D2,9D2,14D2. The predicted molar refractivity (Wildman–Crippen MR) is 358 cm³/mol. The fourth-order valence-corrected chi connectivity index (χ4v) is 12.0. The van der Waals surface area contributed by atoms with Crippen LogP contribution in [0.15, 0.2) is 127 Å². The summed E-state index contributed by atoms with van der Waals surface area (Å²) in [6, 6.07) is 29.4. The number of fused-ring (bicyclic) bond motifs is 3. The van der Waals surface area contributed by atoms with Gasteiger partial charge in [-0.3, -0.25) is 73.8 Å². The van der Waals surface area contributed by atoms with E-state index in [0.29, 0.717) is 130 Å². The van der Waals surface area contributed by atoms with Crippen LogP contribution < -0.4 is 30.2 Å². The van der Waals surface area contributed by atoms with Gasteiger partial charge in [-0.1, -0.05) is 91.0 Å². The molecule has 3 N–H and O–H groups in total. The minimum atomic E-state index is -3.02. The first kappa shape index (κ1) is 48.9. The van der Waals surface area contributed by atoms with Crippen molar-refractivity contribution in [2.24, 2.45) is 0 Å². The summed E-state index contributed by atoms with van der Waals surface area (Å²) in [7, 11) is 0. The number of amides is 9. The highest BCUT2D eigenvalue weighted by molar-refractivity contribution is 6.08. The largest absolute Gasteiger partial charge is 0.489 e. The fourth-order valence-electron chi connectivity index (χ4n) is 12.0. The molecule has 9 aliphatic heterocycles. The second kappa shape index (κ2) is 31.4. The van der Waals surface area contributed by atoms with Gasteiger partial charge in [0, 0.05) is 136 Å². The molecule has 6 fully saturated rings. The Bertz CT molecular complexity index is 4420. The van der Waals surface area contributed by atoms with Crippen LogP contribution in [-0.2, 0) is 102 Å². The van der Waals surface area contributed by atoms with Crippen LogP contribution in [0.4, 0.5) is 0 Å². The molecule has 24 heteroatoms. The van der Waals surface area contributed by atoms with Gasteiger partial charge in [-0.25, -0.2) is 0 Å². The Kier molecular flexibility index (Phi) is 15.5. The van der Waals surface area contributed by atoms with Gasteiger partial charge in [0.25, 0.3) is 17.7 Å². The van der Waals surface area contributed by atoms with E-state index in [1.165, 1.54) is 18.2 Å². The van der Waals surface area contributed by atoms with Gasteiger partial charge in [-0.2, -0.15) is 0 Å². The Morgan fingerprint density at radius 3 is 0.879 bits per heavy atom. The number of ether oxygens (including phenoxy) is 6. The van der Waals surface area contributed by atoms with Crippen LogP contribution in [0.2, 0.25) is 0 Å². The van der Waals surface area contributed by atoms with E-state index in [2.05, 4.69) is 0 Å². The van der Waals surface area contributed by atoms with Crippen LogP contribution >= 0.6 is 0 Å². The molecular weight excluding hydrogens is 1270 g/mol. The van der Waals surface area contributed by atoms with E-state index in [0.717, 1.165) is 31.4 Å². The molecule has 9 heterocycles. The van der Waals surface area contributed by atoms with Crippen LogP contribution in [0.1, 0.15) is 144 Å². The number of hydrogen-bond donors (Lipinski definition) is 3. The maximum atomic E-state index is 13.2. The summed E-state index contributed by atoms with van der Waals surface area (Å²) in [5.74, 6) is -8.38. The zero-order valence-electron chi connectivity index (χ0n) is 71.4. The number of piperidine rings is 3. The van der Waals surface area contributed by atoms with E-state index in [1.807, 2.05) is 16.0 Å². The minimum Gasteiger partial charge on any atom is -0.489 e. The molecule has 6 aromatic carbocycles. The normalized spacial score (nSPS) is 27.3. The summed E-state index contributed by atoms with van der Waals surface area (Å²) in [5, 5.41) is 5.53. The number of morpholine rings is 3. The van der Waals surface area contributed by atoms with E-state index >= 15 is 0 Å². The monoisotopic (exact) mass is 1370 g/mol. The first-order valence-electron chi connectivity index (χ1n) is 41.1. The Hall–Kier alpha value is -9.69. The number of carbonyl (C=O) groups excluding carboxylic acids is 9. The Morgan fingerprint density at radius 1 is 0.364 bits per heavy atom. The SMILES string of the molecule is [2H]C([2H])(c1ccc(COc2cccc3c2CN(C2C(=O)NC(=O)C([2H])([2H])C2([2H])[2H])C3=O)cc1)N1CCOCC1.[2H]C([2H])(c1ccc(COc2cccc3c2CN([C@@H]2C(=O)NC(=O)C([2H])([2H])C2([2H])[2H])C3=O)cc1)N1CCOCC1.[2H]C([2H])(c1ccc(COc2cccc3c2CN([C@H]2C(=O)NC(=O)C([2H])([2H])C2([2H])[2H])C3=O)cc1)N1CCOCC1. The summed E-state index contributed by atoms with van der Waals surface area (Å²) in [5.41, 5.74) is 5.64. The Balaban J connectivity index is 0.000000152. The molecule has 9 amide bonds. The molecule has 99 heavy (non-hydrogen) atoms. The third kappa shape index (κ3) is 16.4. The Labute approximate surface area is 599 Å². The molecule has 0 aromatic heterocycles. The zero-order chi connectivity index (χ0) is 84.5. The van der Waals surface area contributed by atoms with Crippen molar-refractivity contribution in [3.05, 3.63) is 194 Å². The summed E-state index contributed by atoms with van der Waals surface area (Å²) in [4.78, 5) is 121. The molecule has 516 valence electrons. The summed E-state index contributed by atoms with van der Waals surface area (Å²) < 4.78 is 182. The van der Waals surface area contributed by atoms with Gasteiger partial charge >= 0.3 is 0 Å². The number of carbonyl (C=O) groups is 9. The van der Waals surface area contributed by atoms with Crippen molar-refractivity contribution in [3.8, 4) is 17.2 Å². The molecule has 24 nitrogen and oxygen atoms in total. The molecule has 6 saturated heterocycles. The summed E-state index contributed by atoms with van der Waals surface area (Å²) in [6.07, 6.45) is -18.0. The van der Waals surface area contributed by atoms with Crippen molar-refractivity contribution in [2.75, 3.05) is 78.9 Å². The highest BCUT2D eigenvalue weighted by Gasteiger charge is 2.43. The number of hydrogen-bond acceptors (Lipinski definition) is 18. The Morgan fingerprint density at radius 2 is 0.616 bits per heavy atom. The minimum absolute atomic E-state index is 0.104. The smallest absolute Gasteiger partial charge is 0.255 e. The van der Waals surface area contributed by atoms with Gasteiger partial charge in [0.15, 0.2) is 0 Å². The molecule has 0 radical (unpaired) electrons. The van der Waals surface area contributed by atoms with Crippen LogP contribution in [0, 0.1) is 0 Å². The molecule has 0 spiro atoms. The van der Waals surface area contributed by atoms with Crippen LogP contribution in [0.5, 0.6) is 17.2 Å². The fraction of sp³-hybridized carbons (Fsp3) is 0.400. The van der Waals surface area contributed by atoms with Gasteiger partial charge < -0.3 is 43.1 Å². The lowest BCUT2D eigenvalue weighted by molar-refractivity contribution is -0.138. The average Bonchev–Trinajstić information content (AvgIpc) is 1.63. The van der Waals surface area contributed by atoms with E-state index in [1.54, 1.807) is 124 Å². The van der Waals surface area contributed by atoms with Crippen molar-refractivity contribution in [1.29, 1.82) is 0 Å². The topological polar surface area (TPSA) is 265 Å². The second-order valence-corrected chi connectivity index (χ2v) is 23.7. The van der Waals surface area contributed by atoms with Crippen molar-refractivity contribution in [1.82, 2.24) is 45.3 Å². The molecule has 9 aliphatic rings. The zero-order valence-corrected chi connectivity index (χ0v) is 53.4. The maximum absolute atomic E-state index is 13.2. The lowest BCUT2D eigenvalue weighted by Crippen LogP contribution is -2.52. The quantitative estimate of drug-likeness (QED) is 0.0887. The van der Waals surface area contributed by atoms with Gasteiger partial charge in [0.2, 0.25) is 35.4 Å². The predicted octanol–water partition coefficient (Wildman–Crippen LogP) is 5.58. The average molecular weight is 1370 g/mol. The van der Waals surface area contributed by atoms with E-state index in [4.69, 9.17) is 53.1 Å². The van der Waals surface area contributed by atoms with Gasteiger partial charge in [-0.05, 0) is 88.9 Å². The van der Waals surface area contributed by atoms with Gasteiger partial charge in [0.05, 0.1) is 59.3 Å². The maximum Gasteiger partial charge on any atom is 0.255 e. The first-order chi connectivity index (χ1) is 55.1. The molecule has 0 aliphatic carbocycles. The van der Waals surface area contributed by atoms with Crippen LogP contribution in [0.3, 0.4) is 0 Å². The lowest BCUT2D eigenvalue weighted by Gasteiger charge is -2.29. The highest BCUT2D eigenvalue weighted by Crippen LogP contribution is 2.37.